The number of alkyl halides is 3. The number of furan rings is 1. The van der Waals surface area contributed by atoms with Gasteiger partial charge in [0.25, 0.3) is 0 Å². The zero-order valence-electron chi connectivity index (χ0n) is 19.4. The first-order valence-corrected chi connectivity index (χ1v) is 11.0. The fraction of sp³-hybridized carbons (Fsp3) is 0.391. The van der Waals surface area contributed by atoms with Crippen molar-refractivity contribution in [3.8, 4) is 0 Å². The summed E-state index contributed by atoms with van der Waals surface area (Å²) in [6.45, 7) is 11.3. The van der Waals surface area contributed by atoms with Crippen LogP contribution in [0.15, 0.2) is 39.1 Å². The van der Waals surface area contributed by atoms with E-state index in [0.717, 1.165) is 17.0 Å². The normalized spacial score (nSPS) is 15.2. The Morgan fingerprint density at radius 3 is 2.16 bits per heavy atom. The van der Waals surface area contributed by atoms with E-state index in [9.17, 15) is 13.2 Å². The van der Waals surface area contributed by atoms with Crippen molar-refractivity contribution in [1.82, 2.24) is 4.90 Å². The molecule has 0 radical (unpaired) electrons. The molecule has 3 rings (SSSR count). The highest BCUT2D eigenvalue weighted by Gasteiger charge is 2.41. The van der Waals surface area contributed by atoms with Crippen LogP contribution in [-0.4, -0.2) is 25.2 Å². The first-order valence-electron chi connectivity index (χ1n) is 10.2. The molecule has 0 spiro atoms. The second-order valence-corrected chi connectivity index (χ2v) is 7.02. The minimum absolute atomic E-state index is 0.0496. The van der Waals surface area contributed by atoms with Gasteiger partial charge in [-0.15, -0.1) is 0 Å². The molecular formula is C23H28Cl2F4N2O. The maximum absolute atomic E-state index is 15.0. The lowest BCUT2D eigenvalue weighted by Gasteiger charge is -2.32. The second kappa shape index (κ2) is 11.1. The Hall–Kier alpha value is -2.12. The van der Waals surface area contributed by atoms with Crippen LogP contribution in [0.1, 0.15) is 45.7 Å². The number of anilines is 1. The van der Waals surface area contributed by atoms with Gasteiger partial charge in [-0.05, 0) is 26.0 Å². The first kappa shape index (κ1) is 27.9. The molecular weight excluding hydrogens is 467 g/mol. The Morgan fingerprint density at radius 1 is 1.12 bits per heavy atom. The van der Waals surface area contributed by atoms with Crippen LogP contribution in [0.3, 0.4) is 0 Å². The van der Waals surface area contributed by atoms with Gasteiger partial charge in [0.1, 0.15) is 17.1 Å². The van der Waals surface area contributed by atoms with Gasteiger partial charge < -0.3 is 14.6 Å². The minimum atomic E-state index is -4.62. The second-order valence-electron chi connectivity index (χ2n) is 6.21. The summed E-state index contributed by atoms with van der Waals surface area (Å²) >= 11 is 12.4. The fourth-order valence-corrected chi connectivity index (χ4v) is 4.00. The lowest BCUT2D eigenvalue weighted by Crippen LogP contribution is -2.31. The summed E-state index contributed by atoms with van der Waals surface area (Å²) in [7, 11) is 2.88. The summed E-state index contributed by atoms with van der Waals surface area (Å²) < 4.78 is 60.8. The van der Waals surface area contributed by atoms with Crippen LogP contribution in [0.4, 0.5) is 23.4 Å². The van der Waals surface area contributed by atoms with Gasteiger partial charge in [0, 0.05) is 36.3 Å². The number of fused-ring (bicyclic) bond motifs is 1. The number of allylic oxidation sites excluding steroid dienone is 5. The predicted molar refractivity (Wildman–Crippen MR) is 127 cm³/mol. The molecule has 3 nitrogen and oxygen atoms in total. The standard InChI is InChI=1S/C19H16Cl2F4N2O.2C2H6/c1-5-12-15(10(21)7-13(27(12)4)19(23,24)25)16-11(22)6-9(20)14-8(2)18(26-3)28-17(14)16;2*1-2/h5-7,26H,1-4H3;2*1-2H3/b12-5-;;. The number of nitrogens with zero attached hydrogens (tertiary/aromatic N) is 1. The van der Waals surface area contributed by atoms with Gasteiger partial charge in [-0.3, -0.25) is 0 Å². The Balaban J connectivity index is 0.00000121. The highest BCUT2D eigenvalue weighted by atomic mass is 35.5. The zero-order valence-corrected chi connectivity index (χ0v) is 20.9. The Bertz CT molecular complexity index is 1070. The number of halogens is 6. The van der Waals surface area contributed by atoms with E-state index in [2.05, 4.69) is 5.32 Å². The monoisotopic (exact) mass is 494 g/mol. The van der Waals surface area contributed by atoms with E-state index in [1.165, 1.54) is 13.1 Å². The van der Waals surface area contributed by atoms with Crippen molar-refractivity contribution in [2.45, 2.75) is 47.7 Å². The molecule has 1 N–H and O–H groups in total. The molecule has 1 aromatic carbocycles. The van der Waals surface area contributed by atoms with E-state index in [1.54, 1.807) is 20.9 Å². The molecule has 1 aliphatic heterocycles. The number of likely N-dealkylation sites (N-methyl/N-ethyl adjacent to an activating group) is 1. The molecule has 0 aliphatic carbocycles. The Kier molecular flexibility index (Phi) is 9.72. The molecule has 0 saturated carbocycles. The van der Waals surface area contributed by atoms with Gasteiger partial charge in [0.05, 0.1) is 15.6 Å². The lowest BCUT2D eigenvalue weighted by molar-refractivity contribution is -0.106. The third kappa shape index (κ3) is 4.94. The zero-order chi connectivity index (χ0) is 25.0. The largest absolute Gasteiger partial charge is 0.440 e. The van der Waals surface area contributed by atoms with E-state index in [-0.39, 0.29) is 32.5 Å². The molecule has 0 saturated heterocycles. The van der Waals surface area contributed by atoms with Crippen LogP contribution in [0.25, 0.3) is 16.5 Å². The molecule has 178 valence electrons. The van der Waals surface area contributed by atoms with Gasteiger partial charge in [-0.1, -0.05) is 57.0 Å². The Labute approximate surface area is 196 Å². The summed E-state index contributed by atoms with van der Waals surface area (Å²) in [5.74, 6) is -0.378. The Morgan fingerprint density at radius 2 is 1.69 bits per heavy atom. The number of benzene rings is 1. The van der Waals surface area contributed by atoms with Crippen molar-refractivity contribution in [2.24, 2.45) is 0 Å². The van der Waals surface area contributed by atoms with Crippen LogP contribution < -0.4 is 5.32 Å². The van der Waals surface area contributed by atoms with Gasteiger partial charge >= 0.3 is 6.18 Å². The third-order valence-electron chi connectivity index (χ3n) is 4.63. The molecule has 0 atom stereocenters. The van der Waals surface area contributed by atoms with Crippen LogP contribution in [0.2, 0.25) is 5.02 Å². The molecule has 2 aromatic rings. The molecule has 9 heteroatoms. The van der Waals surface area contributed by atoms with Gasteiger partial charge in [0.2, 0.25) is 0 Å². The summed E-state index contributed by atoms with van der Waals surface area (Å²) in [6, 6.07) is 1.11. The smallest absolute Gasteiger partial charge is 0.431 e. The highest BCUT2D eigenvalue weighted by Crippen LogP contribution is 2.47. The van der Waals surface area contributed by atoms with Gasteiger partial charge in [0.15, 0.2) is 5.88 Å². The van der Waals surface area contributed by atoms with Crippen LogP contribution in [0.5, 0.6) is 0 Å². The van der Waals surface area contributed by atoms with E-state index >= 15 is 4.39 Å². The summed E-state index contributed by atoms with van der Waals surface area (Å²) in [6.07, 6.45) is -2.41. The predicted octanol–water partition coefficient (Wildman–Crippen LogP) is 8.87. The van der Waals surface area contributed by atoms with Gasteiger partial charge in [-0.2, -0.15) is 13.2 Å². The van der Waals surface area contributed by atoms with Crippen molar-refractivity contribution < 1.29 is 22.0 Å². The molecule has 32 heavy (non-hydrogen) atoms. The van der Waals surface area contributed by atoms with E-state index < -0.39 is 17.7 Å². The number of nitrogens with one attached hydrogen (secondary N) is 1. The van der Waals surface area contributed by atoms with E-state index in [1.807, 2.05) is 27.7 Å². The fourth-order valence-electron chi connectivity index (χ4n) is 3.38. The molecule has 1 aromatic heterocycles. The molecule has 0 fully saturated rings. The number of hydrogen-bond donors (Lipinski definition) is 1. The quantitative estimate of drug-likeness (QED) is 0.422. The molecule has 1 aliphatic rings. The first-order chi connectivity index (χ1) is 15.0. The van der Waals surface area contributed by atoms with Crippen molar-refractivity contribution in [3.05, 3.63) is 56.6 Å². The maximum Gasteiger partial charge on any atom is 0.431 e. The molecule has 0 unspecified atom stereocenters. The number of rotatable bonds is 2. The maximum atomic E-state index is 15.0. The SMILES string of the molecule is C/C=C1/C(c2c(F)cc(Cl)c3c(C)c(NC)oc23)=C(Cl)C=C(C(F)(F)F)N1C.CC.CC. The van der Waals surface area contributed by atoms with E-state index in [4.69, 9.17) is 27.6 Å². The minimum Gasteiger partial charge on any atom is -0.440 e. The van der Waals surface area contributed by atoms with Crippen LogP contribution >= 0.6 is 23.2 Å². The molecule has 0 bridgehead atoms. The number of hydrogen-bond acceptors (Lipinski definition) is 3. The average molecular weight is 495 g/mol. The lowest BCUT2D eigenvalue weighted by atomic mass is 9.95. The summed E-state index contributed by atoms with van der Waals surface area (Å²) in [5, 5.41) is 3.20. The highest BCUT2D eigenvalue weighted by molar-refractivity contribution is 6.37. The van der Waals surface area contributed by atoms with Crippen molar-refractivity contribution in [1.29, 1.82) is 0 Å². The number of aryl methyl sites for hydroxylation is 1. The topological polar surface area (TPSA) is 28.4 Å². The van der Waals surface area contributed by atoms with Crippen molar-refractivity contribution in [2.75, 3.05) is 19.4 Å². The summed E-state index contributed by atoms with van der Waals surface area (Å²) in [4.78, 5) is 0.926. The molecule has 0 amide bonds. The molecule has 2 heterocycles. The van der Waals surface area contributed by atoms with Crippen LogP contribution in [-0.2, 0) is 0 Å². The third-order valence-corrected chi connectivity index (χ3v) is 5.22. The summed E-state index contributed by atoms with van der Waals surface area (Å²) in [5.41, 5.74) is -0.0506. The van der Waals surface area contributed by atoms with E-state index in [0.29, 0.717) is 16.8 Å². The average Bonchev–Trinajstić information content (AvgIpc) is 3.09. The van der Waals surface area contributed by atoms with Crippen molar-refractivity contribution >= 4 is 45.6 Å². The van der Waals surface area contributed by atoms with Gasteiger partial charge in [-0.25, -0.2) is 4.39 Å². The van der Waals surface area contributed by atoms with Crippen LogP contribution in [0, 0.1) is 12.7 Å². The van der Waals surface area contributed by atoms with Crippen molar-refractivity contribution in [3.63, 3.8) is 0 Å².